The van der Waals surface area contributed by atoms with Gasteiger partial charge in [0, 0.05) is 17.2 Å². The number of nitrogens with one attached hydrogen (secondary N) is 1. The summed E-state index contributed by atoms with van der Waals surface area (Å²) in [7, 11) is 0.537. The Morgan fingerprint density at radius 2 is 1.95 bits per heavy atom. The SMILES string of the molecule is CC(C)CCCNC(=O)c1cc(F)cc(S(=O)(=O)Cl)c1F. The van der Waals surface area contributed by atoms with E-state index in [9.17, 15) is 22.0 Å². The maximum atomic E-state index is 13.9. The van der Waals surface area contributed by atoms with Crippen molar-refractivity contribution < 1.29 is 22.0 Å². The largest absolute Gasteiger partial charge is 0.352 e. The van der Waals surface area contributed by atoms with Crippen molar-refractivity contribution in [3.8, 4) is 0 Å². The van der Waals surface area contributed by atoms with E-state index in [0.717, 1.165) is 6.42 Å². The van der Waals surface area contributed by atoms with E-state index in [2.05, 4.69) is 5.32 Å². The molecule has 21 heavy (non-hydrogen) atoms. The quantitative estimate of drug-likeness (QED) is 0.640. The smallest absolute Gasteiger partial charge is 0.264 e. The van der Waals surface area contributed by atoms with Gasteiger partial charge in [-0.05, 0) is 30.9 Å². The summed E-state index contributed by atoms with van der Waals surface area (Å²) in [6.07, 6.45) is 1.55. The molecule has 0 aliphatic heterocycles. The zero-order valence-electron chi connectivity index (χ0n) is 11.6. The van der Waals surface area contributed by atoms with Crippen molar-refractivity contribution in [3.63, 3.8) is 0 Å². The summed E-state index contributed by atoms with van der Waals surface area (Å²) in [4.78, 5) is 10.7. The van der Waals surface area contributed by atoms with E-state index >= 15 is 0 Å². The van der Waals surface area contributed by atoms with Gasteiger partial charge in [0.25, 0.3) is 15.0 Å². The van der Waals surface area contributed by atoms with Gasteiger partial charge in [-0.2, -0.15) is 0 Å². The van der Waals surface area contributed by atoms with Crippen molar-refractivity contribution in [1.29, 1.82) is 0 Å². The monoisotopic (exact) mass is 339 g/mol. The number of rotatable bonds is 6. The zero-order valence-corrected chi connectivity index (χ0v) is 13.2. The first-order chi connectivity index (χ1) is 9.62. The Morgan fingerprint density at radius 3 is 2.48 bits per heavy atom. The molecule has 0 radical (unpaired) electrons. The Bertz CT molecular complexity index is 633. The van der Waals surface area contributed by atoms with Gasteiger partial charge in [-0.1, -0.05) is 13.8 Å². The van der Waals surface area contributed by atoms with Crippen LogP contribution < -0.4 is 5.32 Å². The molecule has 0 saturated heterocycles. The summed E-state index contributed by atoms with van der Waals surface area (Å²) in [6.45, 7) is 4.33. The van der Waals surface area contributed by atoms with Crippen LogP contribution >= 0.6 is 10.7 Å². The molecule has 0 saturated carbocycles. The first kappa shape index (κ1) is 17.8. The van der Waals surface area contributed by atoms with Crippen LogP contribution in [-0.4, -0.2) is 20.9 Å². The minimum Gasteiger partial charge on any atom is -0.352 e. The Hall–Kier alpha value is -1.21. The molecule has 0 aliphatic carbocycles. The number of benzene rings is 1. The Balaban J connectivity index is 2.93. The summed E-state index contributed by atoms with van der Waals surface area (Å²) < 4.78 is 49.6. The molecule has 0 aliphatic rings. The average Bonchev–Trinajstić information content (AvgIpc) is 2.35. The van der Waals surface area contributed by atoms with Crippen LogP contribution in [0.5, 0.6) is 0 Å². The number of halogens is 3. The number of amides is 1. The number of hydrogen-bond acceptors (Lipinski definition) is 3. The highest BCUT2D eigenvalue weighted by Crippen LogP contribution is 2.23. The van der Waals surface area contributed by atoms with E-state index in [1.54, 1.807) is 0 Å². The van der Waals surface area contributed by atoms with Gasteiger partial charge in [0.15, 0.2) is 5.82 Å². The maximum Gasteiger partial charge on any atom is 0.264 e. The molecule has 0 fully saturated rings. The molecule has 1 rings (SSSR count). The lowest BCUT2D eigenvalue weighted by molar-refractivity contribution is 0.0947. The van der Waals surface area contributed by atoms with E-state index in [4.69, 9.17) is 10.7 Å². The molecule has 0 unspecified atom stereocenters. The lowest BCUT2D eigenvalue weighted by Crippen LogP contribution is -2.26. The first-order valence-corrected chi connectivity index (χ1v) is 8.65. The van der Waals surface area contributed by atoms with Crippen LogP contribution in [-0.2, 0) is 9.05 Å². The maximum absolute atomic E-state index is 13.9. The molecule has 0 aromatic heterocycles. The molecule has 0 heterocycles. The highest BCUT2D eigenvalue weighted by molar-refractivity contribution is 8.13. The van der Waals surface area contributed by atoms with Gasteiger partial charge in [-0.15, -0.1) is 0 Å². The fourth-order valence-electron chi connectivity index (χ4n) is 1.71. The van der Waals surface area contributed by atoms with Crippen molar-refractivity contribution in [2.24, 2.45) is 5.92 Å². The topological polar surface area (TPSA) is 63.2 Å². The minimum atomic E-state index is -4.47. The lowest BCUT2D eigenvalue weighted by atomic mass is 10.1. The lowest BCUT2D eigenvalue weighted by Gasteiger charge is -2.09. The van der Waals surface area contributed by atoms with Crippen LogP contribution in [0.2, 0.25) is 0 Å². The second-order valence-electron chi connectivity index (χ2n) is 5.00. The average molecular weight is 340 g/mol. The normalized spacial score (nSPS) is 11.7. The van der Waals surface area contributed by atoms with Crippen LogP contribution in [0.15, 0.2) is 17.0 Å². The van der Waals surface area contributed by atoms with Crippen molar-refractivity contribution in [1.82, 2.24) is 5.32 Å². The van der Waals surface area contributed by atoms with Crippen LogP contribution in [0, 0.1) is 17.6 Å². The van der Waals surface area contributed by atoms with Crippen LogP contribution in [0.3, 0.4) is 0 Å². The first-order valence-electron chi connectivity index (χ1n) is 6.35. The van der Waals surface area contributed by atoms with Crippen LogP contribution in [0.4, 0.5) is 8.78 Å². The summed E-state index contributed by atoms with van der Waals surface area (Å²) >= 11 is 0. The third kappa shape index (κ3) is 5.24. The van der Waals surface area contributed by atoms with Crippen LogP contribution in [0.25, 0.3) is 0 Å². The Kier molecular flexibility index (Phi) is 6.10. The number of carbonyl (C=O) groups excluding carboxylic acids is 1. The standard InChI is InChI=1S/C13H16ClF2NO3S/c1-8(2)4-3-5-17-13(18)10-6-9(15)7-11(12(10)16)21(14,19)20/h6-8H,3-5H2,1-2H3,(H,17,18). The molecule has 8 heteroatoms. The Morgan fingerprint density at radius 1 is 1.33 bits per heavy atom. The van der Waals surface area contributed by atoms with Gasteiger partial charge in [0.2, 0.25) is 0 Å². The summed E-state index contributed by atoms with van der Waals surface area (Å²) in [5.74, 6) is -2.83. The molecule has 0 spiro atoms. The molecular formula is C13H16ClF2NO3S. The van der Waals surface area contributed by atoms with E-state index in [1.807, 2.05) is 13.8 Å². The minimum absolute atomic E-state index is 0.288. The highest BCUT2D eigenvalue weighted by atomic mass is 35.7. The molecule has 118 valence electrons. The van der Waals surface area contributed by atoms with Gasteiger partial charge >= 0.3 is 0 Å². The molecule has 1 N–H and O–H groups in total. The van der Waals surface area contributed by atoms with Gasteiger partial charge in [-0.3, -0.25) is 4.79 Å². The molecule has 0 atom stereocenters. The molecule has 1 aromatic carbocycles. The third-order valence-corrected chi connectivity index (χ3v) is 4.08. The predicted molar refractivity (Wildman–Crippen MR) is 75.8 cm³/mol. The van der Waals surface area contributed by atoms with Gasteiger partial charge < -0.3 is 5.32 Å². The van der Waals surface area contributed by atoms with Gasteiger partial charge in [0.05, 0.1) is 5.56 Å². The number of hydrogen-bond donors (Lipinski definition) is 1. The highest BCUT2D eigenvalue weighted by Gasteiger charge is 2.24. The second-order valence-corrected chi connectivity index (χ2v) is 7.53. The van der Waals surface area contributed by atoms with Gasteiger partial charge in [-0.25, -0.2) is 17.2 Å². The van der Waals surface area contributed by atoms with E-state index < -0.39 is 37.1 Å². The van der Waals surface area contributed by atoms with E-state index in [0.29, 0.717) is 24.5 Å². The van der Waals surface area contributed by atoms with Crippen molar-refractivity contribution in [3.05, 3.63) is 29.3 Å². The van der Waals surface area contributed by atoms with Crippen molar-refractivity contribution in [2.45, 2.75) is 31.6 Å². The van der Waals surface area contributed by atoms with E-state index in [-0.39, 0.29) is 6.54 Å². The molecule has 0 bridgehead atoms. The van der Waals surface area contributed by atoms with Crippen LogP contribution in [0.1, 0.15) is 37.0 Å². The fraction of sp³-hybridized carbons (Fsp3) is 0.462. The number of carbonyl (C=O) groups is 1. The van der Waals surface area contributed by atoms with Gasteiger partial charge in [0.1, 0.15) is 10.7 Å². The summed E-state index contributed by atoms with van der Waals surface area (Å²) in [5.41, 5.74) is -0.682. The third-order valence-electron chi connectivity index (χ3n) is 2.76. The van der Waals surface area contributed by atoms with Crippen molar-refractivity contribution >= 4 is 25.6 Å². The molecular weight excluding hydrogens is 324 g/mol. The summed E-state index contributed by atoms with van der Waals surface area (Å²) in [6, 6.07) is 1.08. The van der Waals surface area contributed by atoms with Crippen molar-refractivity contribution in [2.75, 3.05) is 6.54 Å². The zero-order chi connectivity index (χ0) is 16.2. The molecule has 4 nitrogen and oxygen atoms in total. The van der Waals surface area contributed by atoms with E-state index in [1.165, 1.54) is 0 Å². The summed E-state index contributed by atoms with van der Waals surface area (Å²) in [5, 5.41) is 2.42. The molecule has 1 amide bonds. The fourth-order valence-corrected chi connectivity index (χ4v) is 2.63. The predicted octanol–water partition coefficient (Wildman–Crippen LogP) is 3.06. The second kappa shape index (κ2) is 7.17. The Labute approximate surface area is 126 Å². The molecule has 1 aromatic rings.